The largest absolute Gasteiger partial charge is 0.341 e. The number of benzene rings is 2. The van der Waals surface area contributed by atoms with Gasteiger partial charge in [-0.05, 0) is 67.2 Å². The molecule has 1 fully saturated rings. The van der Waals surface area contributed by atoms with Crippen LogP contribution in [0.3, 0.4) is 0 Å². The van der Waals surface area contributed by atoms with Gasteiger partial charge in [0.05, 0.1) is 23.3 Å². The number of nitrogens with one attached hydrogen (secondary N) is 2. The highest BCUT2D eigenvalue weighted by atomic mass is 15.2. The van der Waals surface area contributed by atoms with Crippen LogP contribution in [0.4, 0.5) is 0 Å². The van der Waals surface area contributed by atoms with Crippen LogP contribution in [0, 0.1) is 0 Å². The van der Waals surface area contributed by atoms with Gasteiger partial charge in [0.15, 0.2) is 0 Å². The average molecular weight is 357 g/mol. The van der Waals surface area contributed by atoms with E-state index in [4.69, 9.17) is 4.98 Å². The fraction of sp³-hybridized carbons (Fsp3) is 0.273. The van der Waals surface area contributed by atoms with Crippen molar-refractivity contribution in [1.82, 2.24) is 25.1 Å². The van der Waals surface area contributed by atoms with Crippen molar-refractivity contribution in [3.05, 3.63) is 71.7 Å². The van der Waals surface area contributed by atoms with Crippen molar-refractivity contribution in [3.63, 3.8) is 0 Å². The molecule has 3 heterocycles. The number of rotatable bonds is 5. The fourth-order valence-corrected chi connectivity index (χ4v) is 3.90. The molecule has 5 nitrogen and oxygen atoms in total. The Balaban J connectivity index is 1.32. The SMILES string of the molecule is c1cc(-c2ccc(Cc3ccc4nc(CN5CCCC5)[nH]c4c3)cc2)[nH]n1. The Morgan fingerprint density at radius 3 is 2.52 bits per heavy atom. The van der Waals surface area contributed by atoms with Crippen molar-refractivity contribution in [3.8, 4) is 11.3 Å². The second-order valence-corrected chi connectivity index (χ2v) is 7.36. The number of hydrogen-bond acceptors (Lipinski definition) is 3. The Morgan fingerprint density at radius 1 is 0.926 bits per heavy atom. The highest BCUT2D eigenvalue weighted by molar-refractivity contribution is 5.76. The predicted molar refractivity (Wildman–Crippen MR) is 107 cm³/mol. The molecule has 1 aliphatic heterocycles. The molecule has 0 unspecified atom stereocenters. The van der Waals surface area contributed by atoms with Gasteiger partial charge in [-0.3, -0.25) is 10.00 Å². The van der Waals surface area contributed by atoms with Crippen molar-refractivity contribution in [2.45, 2.75) is 25.8 Å². The summed E-state index contributed by atoms with van der Waals surface area (Å²) >= 11 is 0. The molecule has 5 heteroatoms. The van der Waals surface area contributed by atoms with Crippen molar-refractivity contribution in [2.75, 3.05) is 13.1 Å². The monoisotopic (exact) mass is 357 g/mol. The summed E-state index contributed by atoms with van der Waals surface area (Å²) < 4.78 is 0. The van der Waals surface area contributed by atoms with Crippen molar-refractivity contribution in [1.29, 1.82) is 0 Å². The van der Waals surface area contributed by atoms with Gasteiger partial charge >= 0.3 is 0 Å². The number of likely N-dealkylation sites (tertiary alicyclic amines) is 1. The first-order chi connectivity index (χ1) is 13.3. The van der Waals surface area contributed by atoms with E-state index < -0.39 is 0 Å². The van der Waals surface area contributed by atoms with Gasteiger partial charge in [-0.15, -0.1) is 0 Å². The normalized spacial score (nSPS) is 15.0. The Labute approximate surface area is 158 Å². The topological polar surface area (TPSA) is 60.6 Å². The summed E-state index contributed by atoms with van der Waals surface area (Å²) in [5, 5.41) is 7.02. The van der Waals surface area contributed by atoms with Crippen LogP contribution in [-0.4, -0.2) is 38.2 Å². The highest BCUT2D eigenvalue weighted by Crippen LogP contribution is 2.21. The van der Waals surface area contributed by atoms with Gasteiger partial charge in [-0.2, -0.15) is 5.10 Å². The van der Waals surface area contributed by atoms with Crippen LogP contribution in [0.25, 0.3) is 22.3 Å². The number of aromatic nitrogens is 4. The molecule has 0 spiro atoms. The molecule has 27 heavy (non-hydrogen) atoms. The molecule has 4 aromatic rings. The number of aromatic amines is 2. The zero-order valence-corrected chi connectivity index (χ0v) is 15.3. The molecular weight excluding hydrogens is 334 g/mol. The zero-order chi connectivity index (χ0) is 18.1. The molecule has 0 radical (unpaired) electrons. The fourth-order valence-electron chi connectivity index (χ4n) is 3.90. The number of hydrogen-bond donors (Lipinski definition) is 2. The van der Waals surface area contributed by atoms with E-state index in [9.17, 15) is 0 Å². The maximum atomic E-state index is 4.76. The third kappa shape index (κ3) is 3.51. The number of H-pyrrole nitrogens is 2. The first-order valence-corrected chi connectivity index (χ1v) is 9.62. The van der Waals surface area contributed by atoms with Crippen LogP contribution < -0.4 is 0 Å². The van der Waals surface area contributed by atoms with E-state index in [-0.39, 0.29) is 0 Å². The quantitative estimate of drug-likeness (QED) is 0.564. The van der Waals surface area contributed by atoms with Crippen LogP contribution in [0.2, 0.25) is 0 Å². The summed E-state index contributed by atoms with van der Waals surface area (Å²) in [5.74, 6) is 1.08. The first kappa shape index (κ1) is 16.3. The van der Waals surface area contributed by atoms with Crippen LogP contribution in [0.1, 0.15) is 29.8 Å². The van der Waals surface area contributed by atoms with Crippen molar-refractivity contribution < 1.29 is 0 Å². The van der Waals surface area contributed by atoms with Gasteiger partial charge in [0.1, 0.15) is 5.82 Å². The van der Waals surface area contributed by atoms with Crippen LogP contribution >= 0.6 is 0 Å². The summed E-state index contributed by atoms with van der Waals surface area (Å²) in [5.41, 5.74) is 7.00. The molecule has 2 aromatic heterocycles. The molecule has 0 amide bonds. The summed E-state index contributed by atoms with van der Waals surface area (Å²) in [4.78, 5) is 10.7. The zero-order valence-electron chi connectivity index (χ0n) is 15.3. The van der Waals surface area contributed by atoms with Crippen LogP contribution in [0.15, 0.2) is 54.7 Å². The van der Waals surface area contributed by atoms with Gasteiger partial charge < -0.3 is 4.98 Å². The summed E-state index contributed by atoms with van der Waals surface area (Å²) in [6, 6.07) is 17.2. The van der Waals surface area contributed by atoms with Gasteiger partial charge in [-0.1, -0.05) is 30.3 Å². The molecule has 0 atom stereocenters. The van der Waals surface area contributed by atoms with E-state index in [1.807, 2.05) is 6.07 Å². The molecular formula is C22H23N5. The molecule has 0 saturated carbocycles. The smallest absolute Gasteiger partial charge is 0.121 e. The number of imidazole rings is 1. The number of nitrogens with zero attached hydrogens (tertiary/aromatic N) is 3. The number of fused-ring (bicyclic) bond motifs is 1. The third-order valence-electron chi connectivity index (χ3n) is 5.34. The van der Waals surface area contributed by atoms with Gasteiger partial charge in [0, 0.05) is 6.20 Å². The summed E-state index contributed by atoms with van der Waals surface area (Å²) in [7, 11) is 0. The van der Waals surface area contributed by atoms with Gasteiger partial charge in [0.2, 0.25) is 0 Å². The van der Waals surface area contributed by atoms with E-state index >= 15 is 0 Å². The van der Waals surface area contributed by atoms with E-state index in [0.717, 1.165) is 41.1 Å². The lowest BCUT2D eigenvalue weighted by Gasteiger charge is -2.11. The maximum absolute atomic E-state index is 4.76. The molecule has 2 N–H and O–H groups in total. The second-order valence-electron chi connectivity index (χ2n) is 7.36. The summed E-state index contributed by atoms with van der Waals surface area (Å²) in [6.45, 7) is 3.31. The van der Waals surface area contributed by atoms with Gasteiger partial charge in [-0.25, -0.2) is 4.98 Å². The lowest BCUT2D eigenvalue weighted by atomic mass is 10.0. The minimum Gasteiger partial charge on any atom is -0.341 e. The van der Waals surface area contributed by atoms with Crippen molar-refractivity contribution >= 4 is 11.0 Å². The first-order valence-electron chi connectivity index (χ1n) is 9.62. The van der Waals surface area contributed by atoms with Crippen LogP contribution in [-0.2, 0) is 13.0 Å². The van der Waals surface area contributed by atoms with Crippen molar-refractivity contribution in [2.24, 2.45) is 0 Å². The Hall–Kier alpha value is -2.92. The third-order valence-corrected chi connectivity index (χ3v) is 5.34. The highest BCUT2D eigenvalue weighted by Gasteiger charge is 2.14. The maximum Gasteiger partial charge on any atom is 0.121 e. The van der Waals surface area contributed by atoms with Crippen LogP contribution in [0.5, 0.6) is 0 Å². The Morgan fingerprint density at radius 2 is 1.74 bits per heavy atom. The molecule has 1 saturated heterocycles. The lowest BCUT2D eigenvalue weighted by Crippen LogP contribution is -2.19. The minimum absolute atomic E-state index is 0.916. The Bertz CT molecular complexity index is 1020. The molecule has 136 valence electrons. The molecule has 5 rings (SSSR count). The second kappa shape index (κ2) is 7.00. The molecule has 0 aliphatic carbocycles. The molecule has 1 aliphatic rings. The summed E-state index contributed by atoms with van der Waals surface area (Å²) in [6.07, 6.45) is 5.31. The Kier molecular flexibility index (Phi) is 4.22. The molecule has 0 bridgehead atoms. The predicted octanol–water partition coefficient (Wildman–Crippen LogP) is 4.14. The minimum atomic E-state index is 0.916. The lowest BCUT2D eigenvalue weighted by molar-refractivity contribution is 0.324. The molecule has 2 aromatic carbocycles. The van der Waals surface area contributed by atoms with E-state index in [1.165, 1.54) is 37.1 Å². The van der Waals surface area contributed by atoms with E-state index in [0.29, 0.717) is 0 Å². The average Bonchev–Trinajstić information content (AvgIpc) is 3.44. The van der Waals surface area contributed by atoms with E-state index in [2.05, 4.69) is 62.5 Å². The van der Waals surface area contributed by atoms with Gasteiger partial charge in [0.25, 0.3) is 0 Å². The van der Waals surface area contributed by atoms with E-state index in [1.54, 1.807) is 6.20 Å². The standard InChI is InChI=1S/C22H23N5/c1-2-12-27(11-1)15-22-24-20-8-5-17(14-21(20)25-22)13-16-3-6-18(7-4-16)19-9-10-23-26-19/h3-10,14H,1-2,11-13,15H2,(H,23,26)(H,24,25).